The minimum atomic E-state index is -0.872. The van der Waals surface area contributed by atoms with E-state index in [1.165, 1.54) is 0 Å². The lowest BCUT2D eigenvalue weighted by Crippen LogP contribution is -2.33. The number of benzene rings is 2. The average Bonchev–Trinajstić information content (AvgIpc) is 2.44. The Morgan fingerprint density at radius 3 is 2.53 bits per heavy atom. The zero-order valence-corrected chi connectivity index (χ0v) is 11.1. The van der Waals surface area contributed by atoms with Crippen LogP contribution in [0.5, 0.6) is 0 Å². The monoisotopic (exact) mass is 257 g/mol. The van der Waals surface area contributed by atoms with Crippen LogP contribution >= 0.6 is 0 Å². The molecule has 0 heterocycles. The molecular weight excluding hydrogens is 238 g/mol. The molecule has 1 atom stereocenters. The van der Waals surface area contributed by atoms with Crippen molar-refractivity contribution in [1.82, 2.24) is 0 Å². The van der Waals surface area contributed by atoms with Crippen LogP contribution in [0.15, 0.2) is 42.5 Å². The van der Waals surface area contributed by atoms with Crippen molar-refractivity contribution in [1.29, 1.82) is 0 Å². The number of carbonyl (C=O) groups is 1. The molecule has 0 amide bonds. The third-order valence-electron chi connectivity index (χ3n) is 3.74. The molecule has 2 aromatic rings. The smallest absolute Gasteiger partial charge is 0.313 e. The van der Waals surface area contributed by atoms with Crippen LogP contribution in [-0.2, 0) is 10.2 Å². The van der Waals surface area contributed by atoms with Crippen LogP contribution in [-0.4, -0.2) is 17.6 Å². The quantitative estimate of drug-likeness (QED) is 0.865. The largest absolute Gasteiger partial charge is 0.481 e. The zero-order chi connectivity index (χ0) is 13.9. The van der Waals surface area contributed by atoms with Gasteiger partial charge in [-0.3, -0.25) is 4.79 Å². The first-order chi connectivity index (χ1) is 9.08. The molecule has 0 fully saturated rings. The molecular formula is C16H19NO2. The summed E-state index contributed by atoms with van der Waals surface area (Å²) in [7, 11) is 0. The average molecular weight is 257 g/mol. The van der Waals surface area contributed by atoms with E-state index in [9.17, 15) is 9.90 Å². The van der Waals surface area contributed by atoms with E-state index in [4.69, 9.17) is 5.73 Å². The van der Waals surface area contributed by atoms with Gasteiger partial charge in [0, 0.05) is 0 Å². The molecule has 2 aromatic carbocycles. The van der Waals surface area contributed by atoms with Crippen molar-refractivity contribution < 1.29 is 9.90 Å². The third-order valence-corrected chi connectivity index (χ3v) is 3.74. The summed E-state index contributed by atoms with van der Waals surface area (Å²) in [5.74, 6) is -0.795. The van der Waals surface area contributed by atoms with Crippen molar-refractivity contribution in [2.45, 2.75) is 25.2 Å². The first kappa shape index (κ1) is 13.6. The minimum absolute atomic E-state index is 0.510. The van der Waals surface area contributed by atoms with Crippen molar-refractivity contribution >= 4 is 16.7 Å². The van der Waals surface area contributed by atoms with Gasteiger partial charge in [-0.15, -0.1) is 0 Å². The molecule has 0 saturated carbocycles. The van der Waals surface area contributed by atoms with Gasteiger partial charge in [-0.1, -0.05) is 42.5 Å². The Morgan fingerprint density at radius 1 is 1.21 bits per heavy atom. The Bertz CT molecular complexity index is 594. The molecule has 0 radical (unpaired) electrons. The number of fused-ring (bicyclic) bond motifs is 1. The summed E-state index contributed by atoms with van der Waals surface area (Å²) in [6, 6.07) is 13.8. The molecule has 3 heteroatoms. The summed E-state index contributed by atoms with van der Waals surface area (Å²) >= 11 is 0. The van der Waals surface area contributed by atoms with E-state index in [1.807, 2.05) is 42.5 Å². The molecule has 0 aliphatic rings. The fourth-order valence-corrected chi connectivity index (χ4v) is 2.36. The van der Waals surface area contributed by atoms with Gasteiger partial charge >= 0.3 is 5.97 Å². The third kappa shape index (κ3) is 2.61. The second-order valence-corrected chi connectivity index (χ2v) is 5.09. The van der Waals surface area contributed by atoms with Crippen LogP contribution in [0.4, 0.5) is 0 Å². The van der Waals surface area contributed by atoms with Gasteiger partial charge < -0.3 is 10.8 Å². The topological polar surface area (TPSA) is 63.3 Å². The molecule has 0 saturated heterocycles. The van der Waals surface area contributed by atoms with Crippen LogP contribution in [0.2, 0.25) is 0 Å². The van der Waals surface area contributed by atoms with Crippen molar-refractivity contribution in [3.05, 3.63) is 48.0 Å². The Morgan fingerprint density at radius 2 is 1.89 bits per heavy atom. The highest BCUT2D eigenvalue weighted by atomic mass is 16.4. The number of nitrogens with two attached hydrogens (primary N) is 1. The second-order valence-electron chi connectivity index (χ2n) is 5.09. The maximum atomic E-state index is 11.6. The molecule has 0 spiro atoms. The van der Waals surface area contributed by atoms with Crippen LogP contribution in [0.3, 0.4) is 0 Å². The van der Waals surface area contributed by atoms with Gasteiger partial charge in [0.05, 0.1) is 5.41 Å². The second kappa shape index (κ2) is 5.41. The molecule has 0 bridgehead atoms. The number of carboxylic acids is 1. The van der Waals surface area contributed by atoms with Crippen LogP contribution < -0.4 is 5.73 Å². The summed E-state index contributed by atoms with van der Waals surface area (Å²) in [6.45, 7) is 2.28. The molecule has 1 unspecified atom stereocenters. The van der Waals surface area contributed by atoms with Crippen LogP contribution in [0.1, 0.15) is 25.3 Å². The first-order valence-electron chi connectivity index (χ1n) is 6.50. The van der Waals surface area contributed by atoms with E-state index < -0.39 is 11.4 Å². The highest BCUT2D eigenvalue weighted by Gasteiger charge is 2.34. The molecule has 0 aromatic heterocycles. The molecule has 0 aliphatic heterocycles. The summed E-state index contributed by atoms with van der Waals surface area (Å²) in [4.78, 5) is 11.6. The SMILES string of the molecule is CC(CCCN)(C(=O)O)c1ccc2ccccc2c1. The molecule has 3 nitrogen and oxygen atoms in total. The highest BCUT2D eigenvalue weighted by Crippen LogP contribution is 2.31. The maximum Gasteiger partial charge on any atom is 0.313 e. The van der Waals surface area contributed by atoms with Gasteiger partial charge in [0.2, 0.25) is 0 Å². The Hall–Kier alpha value is -1.87. The van der Waals surface area contributed by atoms with Crippen molar-refractivity contribution in [3.63, 3.8) is 0 Å². The van der Waals surface area contributed by atoms with Crippen LogP contribution in [0.25, 0.3) is 10.8 Å². The van der Waals surface area contributed by atoms with Crippen molar-refractivity contribution in [3.8, 4) is 0 Å². The molecule has 0 aliphatic carbocycles. The van der Waals surface area contributed by atoms with Gasteiger partial charge in [-0.2, -0.15) is 0 Å². The summed E-state index contributed by atoms with van der Waals surface area (Å²) in [6.07, 6.45) is 1.26. The molecule has 3 N–H and O–H groups in total. The first-order valence-corrected chi connectivity index (χ1v) is 6.50. The number of hydrogen-bond donors (Lipinski definition) is 2. The fourth-order valence-electron chi connectivity index (χ4n) is 2.36. The number of rotatable bonds is 5. The van der Waals surface area contributed by atoms with E-state index in [2.05, 4.69) is 0 Å². The zero-order valence-electron chi connectivity index (χ0n) is 11.1. The molecule has 2 rings (SSSR count). The van der Waals surface area contributed by atoms with Crippen molar-refractivity contribution in [2.75, 3.05) is 6.54 Å². The lowest BCUT2D eigenvalue weighted by molar-refractivity contribution is -0.143. The lowest BCUT2D eigenvalue weighted by Gasteiger charge is -2.25. The van der Waals surface area contributed by atoms with Crippen LogP contribution in [0, 0.1) is 0 Å². The van der Waals surface area contributed by atoms with Gasteiger partial charge in [0.15, 0.2) is 0 Å². The minimum Gasteiger partial charge on any atom is -0.481 e. The number of carboxylic acid groups (broad SMARTS) is 1. The Labute approximate surface area is 113 Å². The normalized spacial score (nSPS) is 14.2. The van der Waals surface area contributed by atoms with E-state index in [0.717, 1.165) is 16.3 Å². The predicted octanol–water partition coefficient (Wildman–Crippen LogP) is 2.92. The predicted molar refractivity (Wildman–Crippen MR) is 77.2 cm³/mol. The van der Waals surface area contributed by atoms with E-state index in [0.29, 0.717) is 19.4 Å². The van der Waals surface area contributed by atoms with E-state index in [1.54, 1.807) is 6.92 Å². The van der Waals surface area contributed by atoms with E-state index >= 15 is 0 Å². The molecule has 100 valence electrons. The van der Waals surface area contributed by atoms with Gasteiger partial charge in [-0.25, -0.2) is 0 Å². The lowest BCUT2D eigenvalue weighted by atomic mass is 9.78. The summed E-state index contributed by atoms with van der Waals surface area (Å²) < 4.78 is 0. The fraction of sp³-hybridized carbons (Fsp3) is 0.312. The number of aliphatic carboxylic acids is 1. The summed E-state index contributed by atoms with van der Waals surface area (Å²) in [5, 5.41) is 11.7. The number of hydrogen-bond acceptors (Lipinski definition) is 2. The van der Waals surface area contributed by atoms with Gasteiger partial charge in [0.25, 0.3) is 0 Å². The van der Waals surface area contributed by atoms with Gasteiger partial charge in [-0.05, 0) is 42.6 Å². The van der Waals surface area contributed by atoms with E-state index in [-0.39, 0.29) is 0 Å². The molecule has 19 heavy (non-hydrogen) atoms. The van der Waals surface area contributed by atoms with Crippen molar-refractivity contribution in [2.24, 2.45) is 5.73 Å². The standard InChI is InChI=1S/C16H19NO2/c1-16(15(18)19,9-4-10-17)14-8-7-12-5-2-3-6-13(12)11-14/h2-3,5-8,11H,4,9-10,17H2,1H3,(H,18,19). The Kier molecular flexibility index (Phi) is 3.86. The maximum absolute atomic E-state index is 11.6. The Balaban J connectivity index is 2.47. The summed E-state index contributed by atoms with van der Waals surface area (Å²) in [5.41, 5.74) is 5.48. The van der Waals surface area contributed by atoms with Gasteiger partial charge in [0.1, 0.15) is 0 Å². The highest BCUT2D eigenvalue weighted by molar-refractivity contribution is 5.87.